The standard InChI is InChI=1S/C12H14F3NO/c1-12(2,3)11(16)10(17)6-4-5-7(13)9(15)8(6)14/h4-5,11H,16H2,1-3H3. The van der Waals surface area contributed by atoms with Crippen LogP contribution in [-0.4, -0.2) is 11.8 Å². The summed E-state index contributed by atoms with van der Waals surface area (Å²) >= 11 is 0. The Morgan fingerprint density at radius 3 is 2.18 bits per heavy atom. The number of hydrogen-bond acceptors (Lipinski definition) is 2. The SMILES string of the molecule is CC(C)(C)C(N)C(=O)c1ccc(F)c(F)c1F. The Kier molecular flexibility index (Phi) is 3.62. The van der Waals surface area contributed by atoms with Gasteiger partial charge in [0.2, 0.25) is 0 Å². The molecule has 0 radical (unpaired) electrons. The van der Waals surface area contributed by atoms with Crippen molar-refractivity contribution in [1.82, 2.24) is 0 Å². The molecule has 1 rings (SSSR count). The van der Waals surface area contributed by atoms with Crippen LogP contribution in [0.1, 0.15) is 31.1 Å². The van der Waals surface area contributed by atoms with Gasteiger partial charge in [0.05, 0.1) is 11.6 Å². The van der Waals surface area contributed by atoms with Crippen LogP contribution in [-0.2, 0) is 0 Å². The second-order valence-electron chi connectivity index (χ2n) is 4.93. The summed E-state index contributed by atoms with van der Waals surface area (Å²) in [5, 5.41) is 0. The molecule has 0 saturated carbocycles. The zero-order valence-corrected chi connectivity index (χ0v) is 9.85. The molecule has 0 aliphatic heterocycles. The third-order valence-corrected chi connectivity index (χ3v) is 2.52. The van der Waals surface area contributed by atoms with Crippen LogP contribution in [0.25, 0.3) is 0 Å². The monoisotopic (exact) mass is 245 g/mol. The van der Waals surface area contributed by atoms with Crippen molar-refractivity contribution in [2.75, 3.05) is 0 Å². The van der Waals surface area contributed by atoms with Crippen molar-refractivity contribution in [3.8, 4) is 0 Å². The molecule has 94 valence electrons. The lowest BCUT2D eigenvalue weighted by Gasteiger charge is -2.25. The maximum absolute atomic E-state index is 13.4. The Balaban J connectivity index is 3.19. The molecule has 1 aromatic rings. The minimum Gasteiger partial charge on any atom is -0.321 e. The topological polar surface area (TPSA) is 43.1 Å². The van der Waals surface area contributed by atoms with Crippen LogP contribution in [0.4, 0.5) is 13.2 Å². The lowest BCUT2D eigenvalue weighted by molar-refractivity contribution is 0.0896. The number of benzene rings is 1. The predicted octanol–water partition coefficient (Wildman–Crippen LogP) is 2.66. The first-order chi connectivity index (χ1) is 7.66. The van der Waals surface area contributed by atoms with Gasteiger partial charge in [-0.3, -0.25) is 4.79 Å². The van der Waals surface area contributed by atoms with Crippen LogP contribution in [0.15, 0.2) is 12.1 Å². The molecule has 0 aliphatic carbocycles. The largest absolute Gasteiger partial charge is 0.321 e. The van der Waals surface area contributed by atoms with E-state index < -0.39 is 40.3 Å². The van der Waals surface area contributed by atoms with E-state index in [2.05, 4.69) is 0 Å². The lowest BCUT2D eigenvalue weighted by atomic mass is 9.83. The summed E-state index contributed by atoms with van der Waals surface area (Å²) in [5.41, 5.74) is 4.54. The van der Waals surface area contributed by atoms with Gasteiger partial charge in [0.25, 0.3) is 0 Å². The van der Waals surface area contributed by atoms with Crippen molar-refractivity contribution in [1.29, 1.82) is 0 Å². The zero-order chi connectivity index (χ0) is 13.4. The fourth-order valence-electron chi connectivity index (χ4n) is 1.28. The number of rotatable bonds is 2. The van der Waals surface area contributed by atoms with Crippen molar-refractivity contribution in [2.45, 2.75) is 26.8 Å². The zero-order valence-electron chi connectivity index (χ0n) is 9.85. The van der Waals surface area contributed by atoms with Gasteiger partial charge in [0, 0.05) is 0 Å². The molecule has 0 bridgehead atoms. The first-order valence-electron chi connectivity index (χ1n) is 5.09. The van der Waals surface area contributed by atoms with E-state index in [1.807, 2.05) is 0 Å². The number of hydrogen-bond donors (Lipinski definition) is 1. The van der Waals surface area contributed by atoms with E-state index >= 15 is 0 Å². The molecule has 0 aromatic heterocycles. The molecule has 0 amide bonds. The minimum atomic E-state index is -1.66. The summed E-state index contributed by atoms with van der Waals surface area (Å²) in [4.78, 5) is 11.8. The van der Waals surface area contributed by atoms with Crippen LogP contribution in [0.3, 0.4) is 0 Å². The fraction of sp³-hybridized carbons (Fsp3) is 0.417. The van der Waals surface area contributed by atoms with Crippen molar-refractivity contribution in [3.05, 3.63) is 35.1 Å². The summed E-state index contributed by atoms with van der Waals surface area (Å²) in [5.74, 6) is -5.22. The van der Waals surface area contributed by atoms with E-state index in [9.17, 15) is 18.0 Å². The quantitative estimate of drug-likeness (QED) is 0.643. The van der Waals surface area contributed by atoms with Crippen molar-refractivity contribution < 1.29 is 18.0 Å². The highest BCUT2D eigenvalue weighted by atomic mass is 19.2. The first-order valence-corrected chi connectivity index (χ1v) is 5.09. The number of Topliss-reactive ketones (excluding diaryl/α,β-unsaturated/α-hetero) is 1. The Labute approximate surface area is 97.6 Å². The predicted molar refractivity (Wildman–Crippen MR) is 58.1 cm³/mol. The number of carbonyl (C=O) groups excluding carboxylic acids is 1. The van der Waals surface area contributed by atoms with Crippen molar-refractivity contribution >= 4 is 5.78 Å². The van der Waals surface area contributed by atoms with Crippen LogP contribution >= 0.6 is 0 Å². The molecule has 0 heterocycles. The van der Waals surface area contributed by atoms with Crippen LogP contribution in [0.5, 0.6) is 0 Å². The van der Waals surface area contributed by atoms with E-state index in [0.29, 0.717) is 6.07 Å². The molecule has 17 heavy (non-hydrogen) atoms. The molecule has 1 atom stereocenters. The summed E-state index contributed by atoms with van der Waals surface area (Å²) in [6.45, 7) is 5.11. The second kappa shape index (κ2) is 4.49. The highest BCUT2D eigenvalue weighted by Crippen LogP contribution is 2.23. The Hall–Kier alpha value is -1.36. The van der Waals surface area contributed by atoms with E-state index in [0.717, 1.165) is 6.07 Å². The minimum absolute atomic E-state index is 0.522. The van der Waals surface area contributed by atoms with Gasteiger partial charge < -0.3 is 5.73 Å². The number of halogens is 3. The molecular weight excluding hydrogens is 231 g/mol. The van der Waals surface area contributed by atoms with E-state index in [-0.39, 0.29) is 0 Å². The first kappa shape index (κ1) is 13.7. The van der Waals surface area contributed by atoms with Gasteiger partial charge in [-0.15, -0.1) is 0 Å². The van der Waals surface area contributed by atoms with Crippen molar-refractivity contribution in [2.24, 2.45) is 11.1 Å². The average molecular weight is 245 g/mol. The molecule has 2 N–H and O–H groups in total. The third kappa shape index (κ3) is 2.66. The van der Waals surface area contributed by atoms with E-state index in [1.54, 1.807) is 20.8 Å². The van der Waals surface area contributed by atoms with Crippen LogP contribution in [0.2, 0.25) is 0 Å². The summed E-state index contributed by atoms with van der Waals surface area (Å²) in [6.07, 6.45) is 0. The molecule has 0 aliphatic rings. The summed E-state index contributed by atoms with van der Waals surface area (Å²) in [6, 6.07) is 0.629. The maximum atomic E-state index is 13.4. The molecule has 2 nitrogen and oxygen atoms in total. The van der Waals surface area contributed by atoms with Gasteiger partial charge in [0.1, 0.15) is 0 Å². The van der Waals surface area contributed by atoms with Gasteiger partial charge >= 0.3 is 0 Å². The molecular formula is C12H14F3NO. The lowest BCUT2D eigenvalue weighted by Crippen LogP contribution is -2.42. The second-order valence-corrected chi connectivity index (χ2v) is 4.93. The van der Waals surface area contributed by atoms with Gasteiger partial charge in [-0.1, -0.05) is 20.8 Å². The fourth-order valence-corrected chi connectivity index (χ4v) is 1.28. The maximum Gasteiger partial charge on any atom is 0.195 e. The molecule has 0 fully saturated rings. The van der Waals surface area contributed by atoms with E-state index in [1.165, 1.54) is 0 Å². The summed E-state index contributed by atoms with van der Waals surface area (Å²) in [7, 11) is 0. The van der Waals surface area contributed by atoms with E-state index in [4.69, 9.17) is 5.73 Å². The number of nitrogens with two attached hydrogens (primary N) is 1. The molecule has 1 unspecified atom stereocenters. The molecule has 1 aromatic carbocycles. The average Bonchev–Trinajstić information content (AvgIpc) is 2.23. The van der Waals surface area contributed by atoms with Gasteiger partial charge in [0.15, 0.2) is 23.2 Å². The van der Waals surface area contributed by atoms with Gasteiger partial charge in [-0.25, -0.2) is 13.2 Å². The van der Waals surface area contributed by atoms with Gasteiger partial charge in [-0.05, 0) is 17.5 Å². The smallest absolute Gasteiger partial charge is 0.195 e. The Morgan fingerprint density at radius 2 is 1.71 bits per heavy atom. The highest BCUT2D eigenvalue weighted by molar-refractivity contribution is 6.00. The third-order valence-electron chi connectivity index (χ3n) is 2.52. The highest BCUT2D eigenvalue weighted by Gasteiger charge is 2.31. The molecule has 0 saturated heterocycles. The Morgan fingerprint density at radius 1 is 1.18 bits per heavy atom. The normalized spacial score (nSPS) is 13.6. The van der Waals surface area contributed by atoms with Gasteiger partial charge in [-0.2, -0.15) is 0 Å². The van der Waals surface area contributed by atoms with Crippen LogP contribution < -0.4 is 5.73 Å². The summed E-state index contributed by atoms with van der Waals surface area (Å²) < 4.78 is 39.0. The number of carbonyl (C=O) groups is 1. The number of ketones is 1. The molecule has 0 spiro atoms. The van der Waals surface area contributed by atoms with Crippen molar-refractivity contribution in [3.63, 3.8) is 0 Å². The van der Waals surface area contributed by atoms with Crippen LogP contribution in [0, 0.1) is 22.9 Å². The molecule has 5 heteroatoms. The Bertz CT molecular complexity index is 452.